The van der Waals surface area contributed by atoms with E-state index in [0.717, 1.165) is 49.3 Å². The minimum Gasteiger partial charge on any atom is -0.497 e. The molecule has 2 heterocycles. The Morgan fingerprint density at radius 2 is 1.87 bits per heavy atom. The molecule has 0 radical (unpaired) electrons. The molecule has 23 heavy (non-hydrogen) atoms. The van der Waals surface area contributed by atoms with Gasteiger partial charge in [0.1, 0.15) is 23.2 Å². The molecule has 0 aliphatic carbocycles. The van der Waals surface area contributed by atoms with Crippen molar-refractivity contribution in [2.75, 3.05) is 37.0 Å². The number of hydrogen-bond acceptors (Lipinski definition) is 5. The molecule has 0 amide bonds. The molecule has 0 bridgehead atoms. The molecule has 0 atom stereocenters. The summed E-state index contributed by atoms with van der Waals surface area (Å²) in [6.07, 6.45) is 3.46. The van der Waals surface area contributed by atoms with Gasteiger partial charge in [0.2, 0.25) is 0 Å². The van der Waals surface area contributed by atoms with Gasteiger partial charge in [0.15, 0.2) is 0 Å². The normalized spacial score (nSPS) is 14.1. The quantitative estimate of drug-likeness (QED) is 0.888. The highest BCUT2D eigenvalue weighted by Crippen LogP contribution is 2.20. The summed E-state index contributed by atoms with van der Waals surface area (Å²) in [6, 6.07) is 10.3. The largest absolute Gasteiger partial charge is 0.497 e. The first-order chi connectivity index (χ1) is 11.2. The van der Waals surface area contributed by atoms with Crippen LogP contribution in [0.25, 0.3) is 0 Å². The van der Waals surface area contributed by atoms with Crippen molar-refractivity contribution in [3.05, 3.63) is 41.7 Å². The predicted octanol–water partition coefficient (Wildman–Crippen LogP) is 3.05. The SMILES string of the molecule is COc1ccc(CCNc2cc(N3CCCC3)nc(C)n2)cc1. The van der Waals surface area contributed by atoms with Gasteiger partial charge in [-0.2, -0.15) is 0 Å². The number of benzene rings is 1. The maximum absolute atomic E-state index is 5.18. The highest BCUT2D eigenvalue weighted by atomic mass is 16.5. The second-order valence-electron chi connectivity index (χ2n) is 5.88. The Balaban J connectivity index is 1.58. The third-order valence-corrected chi connectivity index (χ3v) is 4.13. The van der Waals surface area contributed by atoms with E-state index in [2.05, 4.69) is 38.4 Å². The van der Waals surface area contributed by atoms with E-state index in [4.69, 9.17) is 4.74 Å². The van der Waals surface area contributed by atoms with Crippen molar-refractivity contribution in [3.8, 4) is 5.75 Å². The molecule has 0 saturated carbocycles. The van der Waals surface area contributed by atoms with Crippen molar-refractivity contribution in [1.29, 1.82) is 0 Å². The lowest BCUT2D eigenvalue weighted by atomic mass is 10.1. The first kappa shape index (κ1) is 15.6. The third kappa shape index (κ3) is 4.12. The first-order valence-electron chi connectivity index (χ1n) is 8.22. The van der Waals surface area contributed by atoms with Crippen LogP contribution in [0.4, 0.5) is 11.6 Å². The van der Waals surface area contributed by atoms with Crippen LogP contribution in [0, 0.1) is 6.92 Å². The lowest BCUT2D eigenvalue weighted by Crippen LogP contribution is -2.20. The van der Waals surface area contributed by atoms with E-state index < -0.39 is 0 Å². The van der Waals surface area contributed by atoms with E-state index in [1.165, 1.54) is 18.4 Å². The zero-order chi connectivity index (χ0) is 16.1. The van der Waals surface area contributed by atoms with Gasteiger partial charge in [0.05, 0.1) is 7.11 Å². The lowest BCUT2D eigenvalue weighted by Gasteiger charge is -2.17. The molecule has 1 fully saturated rings. The highest BCUT2D eigenvalue weighted by molar-refractivity contribution is 5.50. The zero-order valence-electron chi connectivity index (χ0n) is 13.9. The predicted molar refractivity (Wildman–Crippen MR) is 93.4 cm³/mol. The van der Waals surface area contributed by atoms with Gasteiger partial charge in [-0.15, -0.1) is 0 Å². The third-order valence-electron chi connectivity index (χ3n) is 4.13. The molecule has 2 aromatic rings. The van der Waals surface area contributed by atoms with Crippen LogP contribution in [-0.2, 0) is 6.42 Å². The number of hydrogen-bond donors (Lipinski definition) is 1. The molecule has 1 aliphatic heterocycles. The summed E-state index contributed by atoms with van der Waals surface area (Å²) in [5.74, 6) is 3.67. The summed E-state index contributed by atoms with van der Waals surface area (Å²) >= 11 is 0. The summed E-state index contributed by atoms with van der Waals surface area (Å²) < 4.78 is 5.18. The molecular weight excluding hydrogens is 288 g/mol. The van der Waals surface area contributed by atoms with Gasteiger partial charge < -0.3 is 15.0 Å². The monoisotopic (exact) mass is 312 g/mol. The van der Waals surface area contributed by atoms with Gasteiger partial charge in [-0.1, -0.05) is 12.1 Å². The van der Waals surface area contributed by atoms with Crippen LogP contribution >= 0.6 is 0 Å². The van der Waals surface area contributed by atoms with Gasteiger partial charge in [-0.05, 0) is 43.9 Å². The smallest absolute Gasteiger partial charge is 0.134 e. The van der Waals surface area contributed by atoms with Crippen LogP contribution in [0.5, 0.6) is 5.75 Å². The van der Waals surface area contributed by atoms with E-state index in [0.29, 0.717) is 0 Å². The van der Waals surface area contributed by atoms with Gasteiger partial charge in [0, 0.05) is 25.7 Å². The Labute approximate surface area is 137 Å². The molecule has 1 aromatic carbocycles. The van der Waals surface area contributed by atoms with E-state index in [-0.39, 0.29) is 0 Å². The molecular formula is C18H24N4O. The number of anilines is 2. The number of methoxy groups -OCH3 is 1. The van der Waals surface area contributed by atoms with E-state index in [1.807, 2.05) is 19.1 Å². The molecule has 122 valence electrons. The molecule has 1 aromatic heterocycles. The number of rotatable bonds is 6. The number of aryl methyl sites for hydroxylation is 1. The van der Waals surface area contributed by atoms with Crippen LogP contribution in [0.1, 0.15) is 24.2 Å². The molecule has 1 saturated heterocycles. The van der Waals surface area contributed by atoms with Crippen molar-refractivity contribution in [2.45, 2.75) is 26.2 Å². The van der Waals surface area contributed by atoms with Gasteiger partial charge in [0.25, 0.3) is 0 Å². The Hall–Kier alpha value is -2.30. The van der Waals surface area contributed by atoms with E-state index >= 15 is 0 Å². The van der Waals surface area contributed by atoms with E-state index in [9.17, 15) is 0 Å². The fourth-order valence-electron chi connectivity index (χ4n) is 2.88. The highest BCUT2D eigenvalue weighted by Gasteiger charge is 2.14. The average Bonchev–Trinajstić information content (AvgIpc) is 3.09. The molecule has 5 nitrogen and oxygen atoms in total. The van der Waals surface area contributed by atoms with Crippen molar-refractivity contribution in [3.63, 3.8) is 0 Å². The summed E-state index contributed by atoms with van der Waals surface area (Å²) in [5, 5.41) is 3.42. The fraction of sp³-hybridized carbons (Fsp3) is 0.444. The van der Waals surface area contributed by atoms with Gasteiger partial charge in [-0.3, -0.25) is 0 Å². The molecule has 0 spiro atoms. The fourth-order valence-corrected chi connectivity index (χ4v) is 2.88. The second kappa shape index (κ2) is 7.31. The summed E-state index contributed by atoms with van der Waals surface area (Å²) in [6.45, 7) is 5.00. The number of ether oxygens (including phenoxy) is 1. The van der Waals surface area contributed by atoms with Crippen molar-refractivity contribution < 1.29 is 4.74 Å². The molecule has 1 aliphatic rings. The lowest BCUT2D eigenvalue weighted by molar-refractivity contribution is 0.414. The van der Waals surface area contributed by atoms with Crippen LogP contribution in [0.15, 0.2) is 30.3 Å². The van der Waals surface area contributed by atoms with Crippen molar-refractivity contribution >= 4 is 11.6 Å². The summed E-state index contributed by atoms with van der Waals surface area (Å²) in [5.41, 5.74) is 1.28. The van der Waals surface area contributed by atoms with Crippen LogP contribution in [0.3, 0.4) is 0 Å². The van der Waals surface area contributed by atoms with Gasteiger partial charge >= 0.3 is 0 Å². The molecule has 1 N–H and O–H groups in total. The van der Waals surface area contributed by atoms with Crippen LogP contribution in [-0.4, -0.2) is 36.7 Å². The Morgan fingerprint density at radius 3 is 2.57 bits per heavy atom. The standard InChI is InChI=1S/C18H24N4O/c1-14-20-17(13-18(21-14)22-11-3-4-12-22)19-10-9-15-5-7-16(23-2)8-6-15/h5-8,13H,3-4,9-12H2,1-2H3,(H,19,20,21). The van der Waals surface area contributed by atoms with Crippen molar-refractivity contribution in [2.24, 2.45) is 0 Å². The van der Waals surface area contributed by atoms with Crippen LogP contribution < -0.4 is 15.0 Å². The maximum Gasteiger partial charge on any atom is 0.134 e. The summed E-state index contributed by atoms with van der Waals surface area (Å²) in [7, 11) is 1.69. The second-order valence-corrected chi connectivity index (χ2v) is 5.88. The van der Waals surface area contributed by atoms with E-state index in [1.54, 1.807) is 7.11 Å². The Kier molecular flexibility index (Phi) is 4.95. The number of nitrogens with zero attached hydrogens (tertiary/aromatic N) is 3. The Bertz CT molecular complexity index is 636. The average molecular weight is 312 g/mol. The molecule has 3 rings (SSSR count). The minimum absolute atomic E-state index is 0.821. The zero-order valence-corrected chi connectivity index (χ0v) is 13.9. The number of nitrogens with one attached hydrogen (secondary N) is 1. The molecule has 0 unspecified atom stereocenters. The minimum atomic E-state index is 0.821. The maximum atomic E-state index is 5.18. The topological polar surface area (TPSA) is 50.3 Å². The summed E-state index contributed by atoms with van der Waals surface area (Å²) in [4.78, 5) is 11.4. The van der Waals surface area contributed by atoms with Crippen molar-refractivity contribution in [1.82, 2.24) is 9.97 Å². The first-order valence-corrected chi connectivity index (χ1v) is 8.22. The van der Waals surface area contributed by atoms with Gasteiger partial charge in [-0.25, -0.2) is 9.97 Å². The van der Waals surface area contributed by atoms with Crippen LogP contribution in [0.2, 0.25) is 0 Å². The molecule has 5 heteroatoms. The Morgan fingerprint density at radius 1 is 1.13 bits per heavy atom. The number of aromatic nitrogens is 2.